The molecule has 0 amide bonds. The van der Waals surface area contributed by atoms with Gasteiger partial charge in [0.05, 0.1) is 12.2 Å². The Morgan fingerprint density at radius 1 is 1.53 bits per heavy atom. The van der Waals surface area contributed by atoms with Crippen LogP contribution in [0.4, 0.5) is 0 Å². The van der Waals surface area contributed by atoms with Crippen LogP contribution in [-0.2, 0) is 6.54 Å². The highest BCUT2D eigenvalue weighted by Crippen LogP contribution is 2.18. The average molecular weight is 225 g/mol. The fourth-order valence-electron chi connectivity index (χ4n) is 1.95. The van der Waals surface area contributed by atoms with Crippen molar-refractivity contribution in [2.45, 2.75) is 33.4 Å². The molecule has 1 saturated heterocycles. The largest absolute Gasteiger partial charge is 0.312 e. The van der Waals surface area contributed by atoms with Crippen molar-refractivity contribution >= 4 is 11.3 Å². The van der Waals surface area contributed by atoms with Crippen LogP contribution in [0.3, 0.4) is 0 Å². The number of nitrogens with one attached hydrogen (secondary N) is 1. The van der Waals surface area contributed by atoms with E-state index in [4.69, 9.17) is 0 Å². The van der Waals surface area contributed by atoms with Crippen molar-refractivity contribution in [3.63, 3.8) is 0 Å². The van der Waals surface area contributed by atoms with Gasteiger partial charge in [-0.2, -0.15) is 0 Å². The van der Waals surface area contributed by atoms with Crippen molar-refractivity contribution < 1.29 is 0 Å². The second-order valence-electron chi connectivity index (χ2n) is 4.34. The Hall–Kier alpha value is -0.450. The first-order valence-electron chi connectivity index (χ1n) is 5.54. The molecule has 0 aromatic carbocycles. The van der Waals surface area contributed by atoms with Crippen LogP contribution in [-0.4, -0.2) is 35.6 Å². The second kappa shape index (κ2) is 4.60. The topological polar surface area (TPSA) is 28.2 Å². The van der Waals surface area contributed by atoms with Crippen LogP contribution < -0.4 is 5.32 Å². The molecule has 0 bridgehead atoms. The highest BCUT2D eigenvalue weighted by Gasteiger charge is 2.16. The summed E-state index contributed by atoms with van der Waals surface area (Å²) in [4.78, 5) is 8.43. The van der Waals surface area contributed by atoms with E-state index in [0.29, 0.717) is 6.04 Å². The van der Waals surface area contributed by atoms with Gasteiger partial charge in [-0.15, -0.1) is 11.3 Å². The number of aryl methyl sites for hydroxylation is 2. The Kier molecular flexibility index (Phi) is 3.38. The molecule has 1 fully saturated rings. The fourth-order valence-corrected chi connectivity index (χ4v) is 2.93. The normalized spacial score (nSPS) is 23.3. The third-order valence-electron chi connectivity index (χ3n) is 2.88. The van der Waals surface area contributed by atoms with E-state index >= 15 is 0 Å². The molecule has 1 N–H and O–H groups in total. The second-order valence-corrected chi connectivity index (χ2v) is 5.63. The summed E-state index contributed by atoms with van der Waals surface area (Å²) in [5.41, 5.74) is 1.19. The van der Waals surface area contributed by atoms with Gasteiger partial charge < -0.3 is 5.32 Å². The van der Waals surface area contributed by atoms with Gasteiger partial charge in [-0.05, 0) is 20.8 Å². The van der Waals surface area contributed by atoms with Gasteiger partial charge in [-0.25, -0.2) is 4.98 Å². The summed E-state index contributed by atoms with van der Waals surface area (Å²) in [7, 11) is 0. The van der Waals surface area contributed by atoms with Gasteiger partial charge in [0.15, 0.2) is 0 Å². The predicted molar refractivity (Wildman–Crippen MR) is 64.3 cm³/mol. The van der Waals surface area contributed by atoms with E-state index in [1.165, 1.54) is 15.6 Å². The van der Waals surface area contributed by atoms with Crippen LogP contribution in [0.1, 0.15) is 22.5 Å². The molecule has 0 unspecified atom stereocenters. The Labute approximate surface area is 95.5 Å². The van der Waals surface area contributed by atoms with Gasteiger partial charge in [0, 0.05) is 30.6 Å². The van der Waals surface area contributed by atoms with Crippen LogP contribution in [0.2, 0.25) is 0 Å². The van der Waals surface area contributed by atoms with E-state index in [9.17, 15) is 0 Å². The molecule has 3 nitrogen and oxygen atoms in total. The quantitative estimate of drug-likeness (QED) is 0.828. The fraction of sp³-hybridized carbons (Fsp3) is 0.727. The molecule has 1 aliphatic rings. The zero-order chi connectivity index (χ0) is 10.8. The molecular formula is C11H19N3S. The van der Waals surface area contributed by atoms with E-state index in [2.05, 4.69) is 36.0 Å². The highest BCUT2D eigenvalue weighted by atomic mass is 32.1. The van der Waals surface area contributed by atoms with Gasteiger partial charge in [0.1, 0.15) is 5.01 Å². The van der Waals surface area contributed by atoms with Crippen LogP contribution in [0.25, 0.3) is 0 Å². The van der Waals surface area contributed by atoms with Gasteiger partial charge >= 0.3 is 0 Å². The van der Waals surface area contributed by atoms with Gasteiger partial charge in [0.2, 0.25) is 0 Å². The molecular weight excluding hydrogens is 206 g/mol. The van der Waals surface area contributed by atoms with Crippen LogP contribution >= 0.6 is 11.3 Å². The number of rotatable bonds is 2. The first kappa shape index (κ1) is 11.0. The molecule has 4 heteroatoms. The molecule has 1 aromatic rings. The molecule has 2 rings (SSSR count). The third kappa shape index (κ3) is 2.77. The Morgan fingerprint density at radius 3 is 2.93 bits per heavy atom. The molecule has 0 aliphatic carbocycles. The minimum atomic E-state index is 0.612. The molecule has 1 atom stereocenters. The molecule has 0 radical (unpaired) electrons. The molecule has 0 spiro atoms. The van der Waals surface area contributed by atoms with E-state index in [1.807, 2.05) is 11.3 Å². The number of thiazole rings is 1. The first-order valence-corrected chi connectivity index (χ1v) is 6.35. The lowest BCUT2D eigenvalue weighted by Gasteiger charge is -2.31. The SMILES string of the molecule is Cc1nc(CN2CCN[C@H](C)C2)sc1C. The monoisotopic (exact) mass is 225 g/mol. The molecule has 2 heterocycles. The lowest BCUT2D eigenvalue weighted by atomic mass is 10.2. The molecule has 15 heavy (non-hydrogen) atoms. The van der Waals surface area contributed by atoms with E-state index in [-0.39, 0.29) is 0 Å². The highest BCUT2D eigenvalue weighted by molar-refractivity contribution is 7.11. The van der Waals surface area contributed by atoms with Crippen molar-refractivity contribution in [1.82, 2.24) is 15.2 Å². The van der Waals surface area contributed by atoms with Crippen molar-refractivity contribution in [3.05, 3.63) is 15.6 Å². The van der Waals surface area contributed by atoms with Gasteiger partial charge in [0.25, 0.3) is 0 Å². The van der Waals surface area contributed by atoms with E-state index in [1.54, 1.807) is 0 Å². The Morgan fingerprint density at radius 2 is 2.33 bits per heavy atom. The summed E-state index contributed by atoms with van der Waals surface area (Å²) in [6.07, 6.45) is 0. The van der Waals surface area contributed by atoms with Crippen molar-refractivity contribution in [2.75, 3.05) is 19.6 Å². The van der Waals surface area contributed by atoms with Gasteiger partial charge in [-0.1, -0.05) is 0 Å². The predicted octanol–water partition coefficient (Wildman–Crippen LogP) is 1.55. The zero-order valence-corrected chi connectivity index (χ0v) is 10.5. The average Bonchev–Trinajstić information content (AvgIpc) is 2.45. The van der Waals surface area contributed by atoms with Crippen molar-refractivity contribution in [2.24, 2.45) is 0 Å². The smallest absolute Gasteiger partial charge is 0.107 e. The Bertz CT molecular complexity index is 315. The number of piperazine rings is 1. The number of aromatic nitrogens is 1. The minimum Gasteiger partial charge on any atom is -0.312 e. The summed E-state index contributed by atoms with van der Waals surface area (Å²) in [5, 5.41) is 4.72. The van der Waals surface area contributed by atoms with Crippen LogP contribution in [0, 0.1) is 13.8 Å². The maximum absolute atomic E-state index is 4.59. The number of nitrogens with zero attached hydrogens (tertiary/aromatic N) is 2. The number of hydrogen-bond acceptors (Lipinski definition) is 4. The molecule has 84 valence electrons. The van der Waals surface area contributed by atoms with Crippen molar-refractivity contribution in [3.8, 4) is 0 Å². The van der Waals surface area contributed by atoms with E-state index < -0.39 is 0 Å². The summed E-state index contributed by atoms with van der Waals surface area (Å²) < 4.78 is 0. The molecule has 1 aliphatic heterocycles. The lowest BCUT2D eigenvalue weighted by molar-refractivity contribution is 0.199. The summed E-state index contributed by atoms with van der Waals surface area (Å²) in [6, 6.07) is 0.612. The maximum atomic E-state index is 4.59. The lowest BCUT2D eigenvalue weighted by Crippen LogP contribution is -2.48. The number of hydrogen-bond donors (Lipinski definition) is 1. The Balaban J connectivity index is 1.96. The molecule has 1 aromatic heterocycles. The van der Waals surface area contributed by atoms with Gasteiger partial charge in [-0.3, -0.25) is 4.90 Å². The van der Waals surface area contributed by atoms with Crippen LogP contribution in [0.5, 0.6) is 0 Å². The molecule has 0 saturated carbocycles. The minimum absolute atomic E-state index is 0.612. The van der Waals surface area contributed by atoms with E-state index in [0.717, 1.165) is 26.2 Å². The van der Waals surface area contributed by atoms with Crippen molar-refractivity contribution in [1.29, 1.82) is 0 Å². The zero-order valence-electron chi connectivity index (χ0n) is 9.71. The summed E-state index contributed by atoms with van der Waals surface area (Å²) in [6.45, 7) is 10.9. The summed E-state index contributed by atoms with van der Waals surface area (Å²) in [5.74, 6) is 0. The standard InChI is InChI=1S/C11H19N3S/c1-8-6-14(5-4-12-8)7-11-13-9(2)10(3)15-11/h8,12H,4-7H2,1-3H3/t8-/m1/s1. The first-order chi connectivity index (χ1) is 7.15. The van der Waals surface area contributed by atoms with Crippen LogP contribution in [0.15, 0.2) is 0 Å². The third-order valence-corrected chi connectivity index (χ3v) is 3.94. The maximum Gasteiger partial charge on any atom is 0.107 e. The summed E-state index contributed by atoms with van der Waals surface area (Å²) >= 11 is 1.84.